The first-order valence-electron chi connectivity index (χ1n) is 28.1. The number of hydrogen-bond acceptors (Lipinski definition) is 10. The molecule has 3 unspecified atom stereocenters. The number of rotatable bonds is 51. The molecule has 0 saturated heterocycles. The standard InChI is InChI=1S/C60H101O11P/c1-4-7-10-13-16-19-22-25-26-27-28-29-30-33-36-39-42-45-48-51-60(64)71-57(53-67-58(62)49-46-43-40-37-34-31-23-20-17-14-11-8-5-2)55-69-72(65,66)68-54-56(52-61)70-59(63)50-47-44-41-38-35-32-24-21-18-15-12-9-6-3/h7,10,16,19-21,23-26,28-29,33,36,42,45,56-57,61H,4-6,8-9,11-15,17-18,22,27,30-32,34-35,37-41,43-44,46-55H2,1-3H3,(H,65,66)/b10-7-,19-16-,23-20-,24-21-,26-25-,29-28-,36-33-,45-42-. The first-order valence-corrected chi connectivity index (χ1v) is 29.6. The fourth-order valence-corrected chi connectivity index (χ4v) is 7.98. The third-order valence-electron chi connectivity index (χ3n) is 11.5. The summed E-state index contributed by atoms with van der Waals surface area (Å²) >= 11 is 0. The third-order valence-corrected chi connectivity index (χ3v) is 12.4. The smallest absolute Gasteiger partial charge is 0.462 e. The Kier molecular flexibility index (Phi) is 51.0. The maximum Gasteiger partial charge on any atom is 0.472 e. The molecule has 72 heavy (non-hydrogen) atoms. The summed E-state index contributed by atoms with van der Waals surface area (Å²) in [7, 11) is -4.77. The van der Waals surface area contributed by atoms with Crippen molar-refractivity contribution in [3.8, 4) is 0 Å². The fourth-order valence-electron chi connectivity index (χ4n) is 7.19. The van der Waals surface area contributed by atoms with Crippen LogP contribution in [0.3, 0.4) is 0 Å². The minimum absolute atomic E-state index is 0.0368. The number of hydrogen-bond donors (Lipinski definition) is 2. The van der Waals surface area contributed by atoms with Crippen LogP contribution in [0.5, 0.6) is 0 Å². The summed E-state index contributed by atoms with van der Waals surface area (Å²) < 4.78 is 39.3. The first kappa shape index (κ1) is 68.4. The van der Waals surface area contributed by atoms with Crippen LogP contribution < -0.4 is 0 Å². The molecule has 0 aliphatic carbocycles. The van der Waals surface area contributed by atoms with Crippen LogP contribution in [0.15, 0.2) is 97.2 Å². The van der Waals surface area contributed by atoms with E-state index in [0.29, 0.717) is 25.7 Å². The fraction of sp³-hybridized carbons (Fsp3) is 0.683. The molecule has 3 atom stereocenters. The number of carbonyl (C=O) groups excluding carboxylic acids is 3. The number of esters is 3. The Morgan fingerprint density at radius 3 is 1.19 bits per heavy atom. The number of ether oxygens (including phenoxy) is 3. The Labute approximate surface area is 438 Å². The summed E-state index contributed by atoms with van der Waals surface area (Å²) in [5.74, 6) is -1.59. The van der Waals surface area contributed by atoms with Gasteiger partial charge < -0.3 is 24.2 Å². The molecule has 0 aromatic heterocycles. The van der Waals surface area contributed by atoms with Crippen molar-refractivity contribution in [3.63, 3.8) is 0 Å². The predicted octanol–water partition coefficient (Wildman–Crippen LogP) is 16.5. The van der Waals surface area contributed by atoms with E-state index in [-0.39, 0.29) is 25.9 Å². The van der Waals surface area contributed by atoms with Crippen LogP contribution in [0.2, 0.25) is 0 Å². The Bertz CT molecular complexity index is 1580. The topological polar surface area (TPSA) is 155 Å². The molecule has 0 aromatic carbocycles. The van der Waals surface area contributed by atoms with Gasteiger partial charge in [-0.25, -0.2) is 4.57 Å². The molecule has 0 aliphatic heterocycles. The molecule has 0 fully saturated rings. The highest BCUT2D eigenvalue weighted by molar-refractivity contribution is 7.47. The third kappa shape index (κ3) is 51.3. The Morgan fingerprint density at radius 1 is 0.403 bits per heavy atom. The zero-order valence-corrected chi connectivity index (χ0v) is 46.3. The van der Waals surface area contributed by atoms with Crippen LogP contribution in [0, 0.1) is 0 Å². The van der Waals surface area contributed by atoms with Crippen molar-refractivity contribution in [1.29, 1.82) is 0 Å². The number of allylic oxidation sites excluding steroid dienone is 16. The first-order chi connectivity index (χ1) is 35.2. The lowest BCUT2D eigenvalue weighted by Crippen LogP contribution is -2.30. The lowest BCUT2D eigenvalue weighted by Gasteiger charge is -2.21. The second-order valence-electron chi connectivity index (χ2n) is 18.4. The summed E-state index contributed by atoms with van der Waals surface area (Å²) in [4.78, 5) is 48.4. The zero-order valence-electron chi connectivity index (χ0n) is 45.4. The highest BCUT2D eigenvalue weighted by Gasteiger charge is 2.28. The van der Waals surface area contributed by atoms with Gasteiger partial charge in [0.1, 0.15) is 12.7 Å². The number of aliphatic hydroxyl groups is 1. The summed E-state index contributed by atoms with van der Waals surface area (Å²) in [6.07, 6.45) is 62.4. The van der Waals surface area contributed by atoms with Crippen LogP contribution in [0.4, 0.5) is 0 Å². The Balaban J connectivity index is 4.87. The second-order valence-corrected chi connectivity index (χ2v) is 19.8. The van der Waals surface area contributed by atoms with Gasteiger partial charge in [-0.3, -0.25) is 23.4 Å². The Hall–Kier alpha value is -3.60. The van der Waals surface area contributed by atoms with E-state index in [9.17, 15) is 28.9 Å². The summed E-state index contributed by atoms with van der Waals surface area (Å²) in [5, 5.41) is 9.79. The SMILES string of the molecule is CC/C=C\C/C=C\C/C=C\C/C=C\C/C=C\C/C=C\CCC(=O)OC(COC(=O)CCCCCCC/C=C\CCCCCC)COP(=O)(O)OCC(CO)OC(=O)CCCCCCC/C=C\CCCCCC. The highest BCUT2D eigenvalue weighted by atomic mass is 31.2. The van der Waals surface area contributed by atoms with E-state index < -0.39 is 57.8 Å². The maximum atomic E-state index is 12.9. The van der Waals surface area contributed by atoms with Gasteiger partial charge in [0.25, 0.3) is 0 Å². The van der Waals surface area contributed by atoms with E-state index in [1.807, 2.05) is 12.2 Å². The van der Waals surface area contributed by atoms with Crippen LogP contribution >= 0.6 is 7.82 Å². The molecule has 0 aliphatic rings. The molecule has 0 amide bonds. The molecule has 0 bridgehead atoms. The second kappa shape index (κ2) is 53.7. The molecule has 2 N–H and O–H groups in total. The van der Waals surface area contributed by atoms with Gasteiger partial charge in [-0.1, -0.05) is 195 Å². The average molecular weight is 1030 g/mol. The monoisotopic (exact) mass is 1030 g/mol. The quantitative estimate of drug-likeness (QED) is 0.0197. The van der Waals surface area contributed by atoms with Crippen LogP contribution in [0.1, 0.15) is 226 Å². The van der Waals surface area contributed by atoms with Crippen LogP contribution in [0.25, 0.3) is 0 Å². The minimum Gasteiger partial charge on any atom is -0.462 e. The summed E-state index contributed by atoms with van der Waals surface area (Å²) in [5.41, 5.74) is 0. The van der Waals surface area contributed by atoms with Gasteiger partial charge >= 0.3 is 25.7 Å². The molecule has 11 nitrogen and oxygen atoms in total. The summed E-state index contributed by atoms with van der Waals surface area (Å²) in [6.45, 7) is 4.38. The van der Waals surface area contributed by atoms with Crippen molar-refractivity contribution in [2.24, 2.45) is 0 Å². The molecule has 0 saturated carbocycles. The van der Waals surface area contributed by atoms with Gasteiger partial charge in [-0.2, -0.15) is 0 Å². The number of phosphoric ester groups is 1. The largest absolute Gasteiger partial charge is 0.472 e. The van der Waals surface area contributed by atoms with Crippen molar-refractivity contribution in [2.45, 2.75) is 238 Å². The lowest BCUT2D eigenvalue weighted by molar-refractivity contribution is -0.161. The van der Waals surface area contributed by atoms with Crippen molar-refractivity contribution >= 4 is 25.7 Å². The molecular formula is C60H101O11P. The predicted molar refractivity (Wildman–Crippen MR) is 297 cm³/mol. The molecule has 0 heterocycles. The molecular weight excluding hydrogens is 928 g/mol. The lowest BCUT2D eigenvalue weighted by atomic mass is 10.1. The highest BCUT2D eigenvalue weighted by Crippen LogP contribution is 2.43. The van der Waals surface area contributed by atoms with E-state index in [4.69, 9.17) is 23.3 Å². The molecule has 412 valence electrons. The van der Waals surface area contributed by atoms with E-state index in [0.717, 1.165) is 109 Å². The number of carbonyl (C=O) groups is 3. The minimum atomic E-state index is -4.77. The van der Waals surface area contributed by atoms with Crippen molar-refractivity contribution in [2.75, 3.05) is 26.4 Å². The van der Waals surface area contributed by atoms with Crippen molar-refractivity contribution in [3.05, 3.63) is 97.2 Å². The van der Waals surface area contributed by atoms with Gasteiger partial charge in [-0.05, 0) is 109 Å². The van der Waals surface area contributed by atoms with Gasteiger partial charge in [0.05, 0.1) is 19.8 Å². The van der Waals surface area contributed by atoms with Crippen LogP contribution in [-0.4, -0.2) is 66.5 Å². The van der Waals surface area contributed by atoms with E-state index >= 15 is 0 Å². The number of aliphatic hydroxyl groups excluding tert-OH is 1. The average Bonchev–Trinajstić information content (AvgIpc) is 3.37. The van der Waals surface area contributed by atoms with E-state index in [2.05, 4.69) is 106 Å². The Morgan fingerprint density at radius 2 is 0.750 bits per heavy atom. The van der Waals surface area contributed by atoms with Crippen molar-refractivity contribution in [1.82, 2.24) is 0 Å². The zero-order chi connectivity index (χ0) is 52.7. The van der Waals surface area contributed by atoms with E-state index in [1.54, 1.807) is 0 Å². The van der Waals surface area contributed by atoms with Crippen molar-refractivity contribution < 1.29 is 52.2 Å². The van der Waals surface area contributed by atoms with Gasteiger partial charge in [-0.15, -0.1) is 0 Å². The van der Waals surface area contributed by atoms with Gasteiger partial charge in [0, 0.05) is 19.3 Å². The number of phosphoric acid groups is 1. The van der Waals surface area contributed by atoms with E-state index in [1.165, 1.54) is 51.4 Å². The molecule has 0 spiro atoms. The molecule has 0 aromatic rings. The maximum absolute atomic E-state index is 12.9. The number of unbranched alkanes of at least 4 members (excludes halogenated alkanes) is 18. The van der Waals surface area contributed by atoms with Crippen LogP contribution in [-0.2, 0) is 42.2 Å². The van der Waals surface area contributed by atoms with Gasteiger partial charge in [0.15, 0.2) is 6.10 Å². The summed E-state index contributed by atoms with van der Waals surface area (Å²) in [6, 6.07) is 0. The molecule has 0 radical (unpaired) electrons. The normalized spacial score (nSPS) is 14.1. The molecule has 12 heteroatoms. The molecule has 0 rings (SSSR count). The van der Waals surface area contributed by atoms with Gasteiger partial charge in [0.2, 0.25) is 0 Å².